The van der Waals surface area contributed by atoms with Gasteiger partial charge in [0.1, 0.15) is 34.9 Å². The standard InChI is InChI=1S/C41H61N7O3/c1-26-34(44-27(2)45-36(26)48-17-13-29(14-18-48)31-11-10-30-9-8-16-42-35(30)47-31)43-22-32(37(50)51-38(3,4)5)46-33(49)12-15-41-21-28-19-39(6,24-41)23-40(7,20-28)25-41/h10-11,28-29,32H,8-9,12-25H2,1-7H3,(H,42,47)(H,46,49)(H,43,44,45)/t28?,32-,39-,40+,41-/m0/s1. The van der Waals surface area contributed by atoms with Crippen LogP contribution in [0.4, 0.5) is 17.5 Å². The van der Waals surface area contributed by atoms with Gasteiger partial charge in [0.2, 0.25) is 5.91 Å². The van der Waals surface area contributed by atoms with Crippen molar-refractivity contribution in [3.63, 3.8) is 0 Å². The minimum absolute atomic E-state index is 0.0814. The highest BCUT2D eigenvalue weighted by atomic mass is 16.6. The number of carbonyl (C=O) groups is 2. The molecule has 0 aromatic carbocycles. The van der Waals surface area contributed by atoms with Gasteiger partial charge in [-0.25, -0.2) is 19.7 Å². The van der Waals surface area contributed by atoms with Gasteiger partial charge in [-0.2, -0.15) is 0 Å². The number of amides is 1. The first-order valence-corrected chi connectivity index (χ1v) is 19.7. The topological polar surface area (TPSA) is 121 Å². The number of hydrogen-bond donors (Lipinski definition) is 3. The molecular weight excluding hydrogens is 638 g/mol. The van der Waals surface area contributed by atoms with Crippen LogP contribution in [0.3, 0.4) is 0 Å². The zero-order valence-electron chi connectivity index (χ0n) is 32.2. The van der Waals surface area contributed by atoms with Gasteiger partial charge in [0.05, 0.1) is 0 Å². The number of carbonyl (C=O) groups excluding carboxylic acids is 2. The van der Waals surface area contributed by atoms with Gasteiger partial charge in [-0.15, -0.1) is 0 Å². The summed E-state index contributed by atoms with van der Waals surface area (Å²) < 4.78 is 5.80. The third kappa shape index (κ3) is 7.99. The molecule has 4 heterocycles. The zero-order chi connectivity index (χ0) is 36.2. The quantitative estimate of drug-likeness (QED) is 0.220. The van der Waals surface area contributed by atoms with Crippen LogP contribution in [0.5, 0.6) is 0 Å². The van der Waals surface area contributed by atoms with E-state index in [1.807, 2.05) is 34.6 Å². The summed E-state index contributed by atoms with van der Waals surface area (Å²) in [5.41, 5.74) is 3.83. The second kappa shape index (κ2) is 13.5. The van der Waals surface area contributed by atoms with Gasteiger partial charge in [0, 0.05) is 49.8 Å². The minimum Gasteiger partial charge on any atom is -0.458 e. The lowest BCUT2D eigenvalue weighted by Gasteiger charge is -2.65. The molecule has 0 radical (unpaired) electrons. The number of ether oxygens (including phenoxy) is 1. The van der Waals surface area contributed by atoms with Crippen LogP contribution in [0.1, 0.15) is 134 Å². The molecule has 51 heavy (non-hydrogen) atoms. The molecule has 2 aliphatic heterocycles. The lowest BCUT2D eigenvalue weighted by molar-refractivity contribution is -0.158. The number of aromatic nitrogens is 3. The second-order valence-electron chi connectivity index (χ2n) is 18.8. The maximum absolute atomic E-state index is 13.6. The highest BCUT2D eigenvalue weighted by Gasteiger charge is 2.59. The lowest BCUT2D eigenvalue weighted by Crippen LogP contribution is -2.55. The van der Waals surface area contributed by atoms with Crippen molar-refractivity contribution in [1.82, 2.24) is 20.3 Å². The Hall–Kier alpha value is -3.43. The molecule has 1 unspecified atom stereocenters. The number of anilines is 3. The summed E-state index contributed by atoms with van der Waals surface area (Å²) in [4.78, 5) is 44.0. The number of nitrogens with zero attached hydrogens (tertiary/aromatic N) is 4. The van der Waals surface area contributed by atoms with E-state index in [2.05, 4.69) is 46.8 Å². The molecule has 8 rings (SSSR count). The number of hydrogen-bond acceptors (Lipinski definition) is 9. The number of rotatable bonds is 10. The predicted octanol–water partition coefficient (Wildman–Crippen LogP) is 7.25. The first-order chi connectivity index (χ1) is 24.1. The van der Waals surface area contributed by atoms with Crippen molar-refractivity contribution >= 4 is 29.3 Å². The van der Waals surface area contributed by atoms with E-state index < -0.39 is 17.6 Å². The summed E-state index contributed by atoms with van der Waals surface area (Å²) in [5, 5.41) is 9.97. The van der Waals surface area contributed by atoms with Gasteiger partial charge in [-0.1, -0.05) is 19.9 Å². The maximum atomic E-state index is 13.6. The molecule has 3 N–H and O–H groups in total. The van der Waals surface area contributed by atoms with Crippen LogP contribution in [0, 0.1) is 36.0 Å². The molecule has 4 saturated carbocycles. The van der Waals surface area contributed by atoms with Crippen LogP contribution in [0.15, 0.2) is 12.1 Å². The van der Waals surface area contributed by atoms with Crippen molar-refractivity contribution < 1.29 is 14.3 Å². The number of fused-ring (bicyclic) bond motifs is 1. The van der Waals surface area contributed by atoms with E-state index in [1.165, 1.54) is 49.8 Å². The fourth-order valence-electron chi connectivity index (χ4n) is 11.4. The Morgan fingerprint density at radius 3 is 2.43 bits per heavy atom. The Labute approximate surface area is 305 Å². The summed E-state index contributed by atoms with van der Waals surface area (Å²) in [5.74, 6) is 4.02. The first-order valence-electron chi connectivity index (χ1n) is 19.7. The van der Waals surface area contributed by atoms with Crippen LogP contribution < -0.4 is 20.9 Å². The molecule has 6 aliphatic rings. The molecule has 1 saturated heterocycles. The van der Waals surface area contributed by atoms with Crippen molar-refractivity contribution in [2.24, 2.45) is 22.2 Å². The smallest absolute Gasteiger partial charge is 0.331 e. The molecular formula is C41H61N7O3. The fraction of sp³-hybridized carbons (Fsp3) is 0.732. The highest BCUT2D eigenvalue weighted by molar-refractivity contribution is 5.85. The van der Waals surface area contributed by atoms with Gasteiger partial charge < -0.3 is 25.6 Å². The molecule has 2 aromatic rings. The van der Waals surface area contributed by atoms with Crippen molar-refractivity contribution in [2.75, 3.05) is 41.7 Å². The largest absolute Gasteiger partial charge is 0.458 e. The maximum Gasteiger partial charge on any atom is 0.331 e. The van der Waals surface area contributed by atoms with Crippen LogP contribution in [-0.2, 0) is 20.7 Å². The number of piperidine rings is 1. The van der Waals surface area contributed by atoms with E-state index in [-0.39, 0.29) is 17.9 Å². The van der Waals surface area contributed by atoms with E-state index in [9.17, 15) is 9.59 Å². The lowest BCUT2D eigenvalue weighted by atomic mass is 9.40. The minimum atomic E-state index is -0.837. The number of pyridine rings is 1. The van der Waals surface area contributed by atoms with E-state index >= 15 is 0 Å². The van der Waals surface area contributed by atoms with E-state index in [1.54, 1.807) is 0 Å². The third-order valence-electron chi connectivity index (χ3n) is 12.5. The van der Waals surface area contributed by atoms with Crippen LogP contribution in [0.2, 0.25) is 0 Å². The summed E-state index contributed by atoms with van der Waals surface area (Å²) in [7, 11) is 0. The monoisotopic (exact) mass is 699 g/mol. The normalized spacial score (nSPS) is 29.2. The highest BCUT2D eigenvalue weighted by Crippen LogP contribution is 2.70. The van der Waals surface area contributed by atoms with Crippen molar-refractivity contribution in [3.8, 4) is 0 Å². The van der Waals surface area contributed by atoms with Crippen molar-refractivity contribution in [3.05, 3.63) is 34.8 Å². The molecule has 2 aromatic heterocycles. The first kappa shape index (κ1) is 36.0. The second-order valence-corrected chi connectivity index (χ2v) is 18.8. The Kier molecular flexibility index (Phi) is 9.53. The molecule has 4 aliphatic carbocycles. The van der Waals surface area contributed by atoms with E-state index in [0.29, 0.717) is 34.8 Å². The molecule has 0 spiro atoms. The molecule has 1 amide bonds. The predicted molar refractivity (Wildman–Crippen MR) is 202 cm³/mol. The van der Waals surface area contributed by atoms with Crippen molar-refractivity contribution in [2.45, 2.75) is 143 Å². The summed E-state index contributed by atoms with van der Waals surface area (Å²) in [6.07, 6.45) is 13.3. The number of aryl methyl sites for hydroxylation is 2. The Balaban J connectivity index is 0.994. The fourth-order valence-corrected chi connectivity index (χ4v) is 11.4. The Morgan fingerprint density at radius 2 is 1.75 bits per heavy atom. The van der Waals surface area contributed by atoms with E-state index in [4.69, 9.17) is 19.7 Å². The van der Waals surface area contributed by atoms with Gasteiger partial charge >= 0.3 is 5.97 Å². The van der Waals surface area contributed by atoms with Crippen LogP contribution in [-0.4, -0.2) is 64.7 Å². The Morgan fingerprint density at radius 1 is 1.02 bits per heavy atom. The van der Waals surface area contributed by atoms with Gasteiger partial charge in [-0.05, 0) is 139 Å². The molecule has 5 fully saturated rings. The number of nitrogens with one attached hydrogen (secondary N) is 3. The summed E-state index contributed by atoms with van der Waals surface area (Å²) >= 11 is 0. The summed E-state index contributed by atoms with van der Waals surface area (Å²) in [6, 6.07) is 3.64. The van der Waals surface area contributed by atoms with Gasteiger partial charge in [0.25, 0.3) is 0 Å². The molecule has 10 nitrogen and oxygen atoms in total. The van der Waals surface area contributed by atoms with Crippen molar-refractivity contribution in [1.29, 1.82) is 0 Å². The van der Waals surface area contributed by atoms with Gasteiger partial charge in [-0.3, -0.25) is 4.79 Å². The van der Waals surface area contributed by atoms with Crippen LogP contribution in [0.25, 0.3) is 0 Å². The number of esters is 1. The van der Waals surface area contributed by atoms with Crippen LogP contribution >= 0.6 is 0 Å². The molecule has 10 heteroatoms. The average molecular weight is 700 g/mol. The zero-order valence-corrected chi connectivity index (χ0v) is 32.2. The van der Waals surface area contributed by atoms with E-state index in [0.717, 1.165) is 74.9 Å². The third-order valence-corrected chi connectivity index (χ3v) is 12.5. The van der Waals surface area contributed by atoms with Gasteiger partial charge in [0.15, 0.2) is 0 Å². The average Bonchev–Trinajstić information content (AvgIpc) is 3.04. The SMILES string of the molecule is Cc1nc(NC[C@H](NC(=O)CC[C@@]23CC4C[C@@](C)(C[C@@](C)(C4)C2)C3)C(=O)OC(C)(C)C)c(C)c(N2CCC(c3ccc4c(n3)NCCC4)CC2)n1. The molecule has 4 bridgehead atoms. The Bertz CT molecular complexity index is 1630. The molecule has 278 valence electrons. The molecule has 5 atom stereocenters. The summed E-state index contributed by atoms with van der Waals surface area (Å²) in [6.45, 7) is 17.4.